The molecule has 0 bridgehead atoms. The van der Waals surface area contributed by atoms with Gasteiger partial charge in [-0.25, -0.2) is 9.35 Å². The third kappa shape index (κ3) is 6.56. The van der Waals surface area contributed by atoms with E-state index in [-0.39, 0.29) is 24.3 Å². The molecular weight excluding hydrogens is 464 g/mol. The van der Waals surface area contributed by atoms with Crippen molar-refractivity contribution in [1.29, 1.82) is 0 Å². The number of benzene rings is 2. The Kier molecular flexibility index (Phi) is 8.73. The topological polar surface area (TPSA) is 88.1 Å². The standard InChI is InChI=1S/C26H36N4O2S2/c1-17(2)22-11-20(25-15-33-16-28-25)12-23(18(3)4)24(22)13-26(31)29-34(27,32)21-9-7-19(8-10-21)14-30(5)6/h7-12,16-18,25H,13-15H2,1-6H3,(H2,27,29,31,32). The van der Waals surface area contributed by atoms with Crippen molar-refractivity contribution in [2.45, 2.75) is 63.4 Å². The van der Waals surface area contributed by atoms with E-state index in [1.807, 2.05) is 36.7 Å². The van der Waals surface area contributed by atoms with Crippen LogP contribution in [0.2, 0.25) is 0 Å². The van der Waals surface area contributed by atoms with Crippen LogP contribution in [0.5, 0.6) is 0 Å². The maximum atomic E-state index is 13.1. The van der Waals surface area contributed by atoms with Crippen LogP contribution in [0, 0.1) is 0 Å². The normalized spacial score (nSPS) is 17.5. The van der Waals surface area contributed by atoms with Gasteiger partial charge in [0.25, 0.3) is 5.91 Å². The average Bonchev–Trinajstić information content (AvgIpc) is 3.28. The molecule has 2 N–H and O–H groups in total. The second kappa shape index (κ2) is 11.2. The summed E-state index contributed by atoms with van der Waals surface area (Å²) in [6.07, 6.45) is 0.0803. The summed E-state index contributed by atoms with van der Waals surface area (Å²) in [6, 6.07) is 11.6. The zero-order valence-corrected chi connectivity index (χ0v) is 22.6. The van der Waals surface area contributed by atoms with Gasteiger partial charge in [0, 0.05) is 12.3 Å². The molecule has 34 heavy (non-hydrogen) atoms. The minimum absolute atomic E-state index is 0.0803. The summed E-state index contributed by atoms with van der Waals surface area (Å²) >= 11 is 1.72. The van der Waals surface area contributed by atoms with Crippen molar-refractivity contribution in [3.05, 3.63) is 64.2 Å². The molecule has 0 saturated carbocycles. The maximum absolute atomic E-state index is 13.1. The highest BCUT2D eigenvalue weighted by molar-refractivity contribution is 8.12. The third-order valence-electron chi connectivity index (χ3n) is 5.86. The smallest absolute Gasteiger partial charge is 0.259 e. The number of nitrogens with zero attached hydrogens (tertiary/aromatic N) is 3. The van der Waals surface area contributed by atoms with Crippen molar-refractivity contribution in [2.24, 2.45) is 14.5 Å². The Balaban J connectivity index is 1.94. The predicted octanol–water partition coefficient (Wildman–Crippen LogP) is 5.28. The highest BCUT2D eigenvalue weighted by atomic mass is 32.2. The van der Waals surface area contributed by atoms with Crippen LogP contribution in [0.1, 0.15) is 73.4 Å². The summed E-state index contributed by atoms with van der Waals surface area (Å²) < 4.78 is 17.1. The number of hydrogen-bond acceptors (Lipinski definition) is 5. The molecule has 0 aliphatic carbocycles. The number of rotatable bonds is 8. The van der Waals surface area contributed by atoms with E-state index in [1.165, 1.54) is 5.56 Å². The van der Waals surface area contributed by atoms with Gasteiger partial charge in [0.1, 0.15) is 9.92 Å². The molecule has 0 radical (unpaired) electrons. The van der Waals surface area contributed by atoms with Gasteiger partial charge in [0.15, 0.2) is 0 Å². The van der Waals surface area contributed by atoms with E-state index in [2.05, 4.69) is 49.2 Å². The Morgan fingerprint density at radius 3 is 2.21 bits per heavy atom. The van der Waals surface area contributed by atoms with Crippen LogP contribution in [-0.2, 0) is 27.7 Å². The zero-order chi connectivity index (χ0) is 25.0. The number of amides is 1. The van der Waals surface area contributed by atoms with Crippen molar-refractivity contribution in [3.63, 3.8) is 0 Å². The Morgan fingerprint density at radius 2 is 1.74 bits per heavy atom. The molecule has 2 aromatic carbocycles. The monoisotopic (exact) mass is 500 g/mol. The van der Waals surface area contributed by atoms with Gasteiger partial charge in [-0.1, -0.05) is 52.0 Å². The SMILES string of the molecule is CC(C)c1cc(C2CSC=N2)cc(C(C)C)c1CC(=O)N=S(N)(=O)c1ccc(CN(C)C)cc1. The predicted molar refractivity (Wildman–Crippen MR) is 144 cm³/mol. The third-order valence-corrected chi connectivity index (χ3v) is 8.07. The van der Waals surface area contributed by atoms with Gasteiger partial charge in [-0.15, -0.1) is 16.1 Å². The molecule has 0 saturated heterocycles. The van der Waals surface area contributed by atoms with Gasteiger partial charge in [-0.2, -0.15) is 0 Å². The van der Waals surface area contributed by atoms with Crippen molar-refractivity contribution >= 4 is 33.1 Å². The van der Waals surface area contributed by atoms with Crippen molar-refractivity contribution in [1.82, 2.24) is 4.90 Å². The number of carbonyl (C=O) groups is 1. The molecule has 3 rings (SSSR count). The van der Waals surface area contributed by atoms with E-state index < -0.39 is 15.8 Å². The molecule has 1 amide bonds. The Bertz CT molecular complexity index is 1150. The lowest BCUT2D eigenvalue weighted by atomic mass is 9.84. The first-order valence-corrected chi connectivity index (χ1v) is 14.2. The van der Waals surface area contributed by atoms with Gasteiger partial charge in [0.2, 0.25) is 0 Å². The lowest BCUT2D eigenvalue weighted by Gasteiger charge is -2.22. The first-order valence-electron chi connectivity index (χ1n) is 11.6. The van der Waals surface area contributed by atoms with Gasteiger partial charge in [-0.05, 0) is 65.9 Å². The molecule has 1 aliphatic rings. The number of thioether (sulfide) groups is 1. The quantitative estimate of drug-likeness (QED) is 0.534. The van der Waals surface area contributed by atoms with Gasteiger partial charge < -0.3 is 4.90 Å². The first-order chi connectivity index (χ1) is 16.0. The van der Waals surface area contributed by atoms with Crippen molar-refractivity contribution in [3.8, 4) is 0 Å². The molecule has 0 aromatic heterocycles. The molecule has 0 fully saturated rings. The van der Waals surface area contributed by atoms with Crippen LogP contribution >= 0.6 is 11.8 Å². The van der Waals surface area contributed by atoms with E-state index in [4.69, 9.17) is 5.14 Å². The van der Waals surface area contributed by atoms with Gasteiger partial charge >= 0.3 is 0 Å². The van der Waals surface area contributed by atoms with E-state index in [0.29, 0.717) is 4.90 Å². The summed E-state index contributed by atoms with van der Waals surface area (Å²) in [6.45, 7) is 9.27. The van der Waals surface area contributed by atoms with Crippen molar-refractivity contribution in [2.75, 3.05) is 19.8 Å². The molecule has 0 spiro atoms. The fraction of sp³-hybridized carbons (Fsp3) is 0.462. The average molecular weight is 501 g/mol. The highest BCUT2D eigenvalue weighted by Gasteiger charge is 2.23. The molecular formula is C26H36N4O2S2. The van der Waals surface area contributed by atoms with Crippen molar-refractivity contribution < 1.29 is 9.00 Å². The van der Waals surface area contributed by atoms with Crippen LogP contribution in [0.4, 0.5) is 0 Å². The fourth-order valence-corrected chi connectivity index (χ4v) is 5.97. The summed E-state index contributed by atoms with van der Waals surface area (Å²) in [7, 11) is 0.645. The first kappa shape index (κ1) is 26.6. The Morgan fingerprint density at radius 1 is 1.15 bits per heavy atom. The summed E-state index contributed by atoms with van der Waals surface area (Å²) in [5, 5.41) is 6.06. The second-order valence-corrected chi connectivity index (χ2v) is 12.4. The van der Waals surface area contributed by atoms with Gasteiger partial charge in [0.05, 0.1) is 22.9 Å². The highest BCUT2D eigenvalue weighted by Crippen LogP contribution is 2.35. The number of aliphatic imine (C=N–C) groups is 1. The van der Waals surface area contributed by atoms with E-state index >= 15 is 0 Å². The molecule has 184 valence electrons. The number of hydrogen-bond donors (Lipinski definition) is 1. The van der Waals surface area contributed by atoms with Crippen LogP contribution in [0.25, 0.3) is 0 Å². The van der Waals surface area contributed by atoms with Crippen LogP contribution in [0.3, 0.4) is 0 Å². The Hall–Kier alpha value is -2.00. The fourth-order valence-electron chi connectivity index (χ4n) is 4.19. The molecule has 2 unspecified atom stereocenters. The molecule has 6 nitrogen and oxygen atoms in total. The maximum Gasteiger partial charge on any atom is 0.259 e. The molecule has 1 heterocycles. The van der Waals surface area contributed by atoms with Crippen LogP contribution < -0.4 is 5.14 Å². The number of carbonyl (C=O) groups excluding carboxylic acids is 1. The van der Waals surface area contributed by atoms with Crippen LogP contribution in [-0.4, -0.2) is 40.4 Å². The lowest BCUT2D eigenvalue weighted by Crippen LogP contribution is -2.17. The molecule has 2 atom stereocenters. The second-order valence-electron chi connectivity index (χ2n) is 9.70. The van der Waals surface area contributed by atoms with E-state index in [1.54, 1.807) is 23.9 Å². The lowest BCUT2D eigenvalue weighted by molar-refractivity contribution is -0.117. The largest absolute Gasteiger partial charge is 0.305 e. The van der Waals surface area contributed by atoms with Crippen LogP contribution in [0.15, 0.2) is 50.6 Å². The van der Waals surface area contributed by atoms with E-state index in [9.17, 15) is 9.00 Å². The summed E-state index contributed by atoms with van der Waals surface area (Å²) in [5.41, 5.74) is 7.37. The summed E-state index contributed by atoms with van der Waals surface area (Å²) in [4.78, 5) is 20.1. The zero-order valence-electron chi connectivity index (χ0n) is 20.9. The number of nitrogens with two attached hydrogens (primary N) is 1. The van der Waals surface area contributed by atoms with E-state index in [0.717, 1.165) is 34.6 Å². The Labute approximate surface area is 208 Å². The molecule has 1 aliphatic heterocycles. The minimum Gasteiger partial charge on any atom is -0.305 e. The minimum atomic E-state index is -3.32. The molecule has 8 heteroatoms. The van der Waals surface area contributed by atoms with Gasteiger partial charge in [-0.3, -0.25) is 9.79 Å². The summed E-state index contributed by atoms with van der Waals surface area (Å²) in [5.74, 6) is 0.927. The molecule has 2 aromatic rings.